The maximum atomic E-state index is 6.02. The van der Waals surface area contributed by atoms with Gasteiger partial charge in [-0.05, 0) is 31.2 Å². The van der Waals surface area contributed by atoms with Gasteiger partial charge >= 0.3 is 0 Å². The standard InChI is InChI=1S/C20H17N7/c1-13-18-19(21)22-12-23-20(18)26(25-13)11-17-24-15-9-5-6-10-16(15)27(17)14-7-3-2-4-8-14/h2-10,12H,11H2,1H3,(H2,21,22,23). The van der Waals surface area contributed by atoms with Gasteiger partial charge in [0.1, 0.15) is 24.5 Å². The van der Waals surface area contributed by atoms with Crippen LogP contribution in [-0.4, -0.2) is 29.3 Å². The Morgan fingerprint density at radius 2 is 1.74 bits per heavy atom. The van der Waals surface area contributed by atoms with E-state index >= 15 is 0 Å². The van der Waals surface area contributed by atoms with Gasteiger partial charge in [0.2, 0.25) is 0 Å². The van der Waals surface area contributed by atoms with Crippen molar-refractivity contribution in [1.29, 1.82) is 0 Å². The molecule has 0 aliphatic carbocycles. The number of rotatable bonds is 3. The van der Waals surface area contributed by atoms with E-state index in [1.165, 1.54) is 6.33 Å². The predicted octanol–water partition coefficient (Wildman–Crippen LogP) is 3.10. The van der Waals surface area contributed by atoms with Crippen molar-refractivity contribution < 1.29 is 0 Å². The molecule has 2 N–H and O–H groups in total. The number of anilines is 1. The Bertz CT molecular complexity index is 1270. The van der Waals surface area contributed by atoms with Gasteiger partial charge in [0.25, 0.3) is 0 Å². The van der Waals surface area contributed by atoms with Crippen LogP contribution in [0.3, 0.4) is 0 Å². The first kappa shape index (κ1) is 15.5. The molecule has 0 atom stereocenters. The number of fused-ring (bicyclic) bond motifs is 2. The highest BCUT2D eigenvalue weighted by molar-refractivity contribution is 5.88. The van der Waals surface area contributed by atoms with Crippen LogP contribution in [0.5, 0.6) is 0 Å². The van der Waals surface area contributed by atoms with Crippen molar-refractivity contribution in [3.05, 3.63) is 72.4 Å². The molecule has 27 heavy (non-hydrogen) atoms. The highest BCUT2D eigenvalue weighted by Crippen LogP contribution is 2.24. The van der Waals surface area contributed by atoms with Gasteiger partial charge < -0.3 is 5.73 Å². The highest BCUT2D eigenvalue weighted by atomic mass is 15.3. The Labute approximate surface area is 155 Å². The molecule has 0 saturated carbocycles. The summed E-state index contributed by atoms with van der Waals surface area (Å²) in [4.78, 5) is 13.3. The Hall–Kier alpha value is -3.74. The van der Waals surface area contributed by atoms with Crippen molar-refractivity contribution >= 4 is 27.9 Å². The molecule has 0 spiro atoms. The SMILES string of the molecule is Cc1nn(Cc2nc3ccccc3n2-c2ccccc2)c2ncnc(N)c12. The molecule has 0 aliphatic heterocycles. The van der Waals surface area contributed by atoms with E-state index in [0.717, 1.165) is 33.6 Å². The smallest absolute Gasteiger partial charge is 0.164 e. The summed E-state index contributed by atoms with van der Waals surface area (Å²) in [6, 6.07) is 18.3. The van der Waals surface area contributed by atoms with Gasteiger partial charge in [0.15, 0.2) is 5.65 Å². The number of hydrogen-bond donors (Lipinski definition) is 1. The molecule has 0 unspecified atom stereocenters. The molecule has 0 amide bonds. The fourth-order valence-electron chi connectivity index (χ4n) is 3.50. The lowest BCUT2D eigenvalue weighted by Crippen LogP contribution is -2.09. The van der Waals surface area contributed by atoms with E-state index in [4.69, 9.17) is 10.7 Å². The third kappa shape index (κ3) is 2.43. The molecule has 5 aromatic rings. The molecule has 0 aliphatic rings. The van der Waals surface area contributed by atoms with Crippen LogP contribution in [-0.2, 0) is 6.54 Å². The van der Waals surface area contributed by atoms with Crippen LogP contribution >= 0.6 is 0 Å². The Morgan fingerprint density at radius 3 is 2.59 bits per heavy atom. The number of aryl methyl sites for hydroxylation is 1. The third-order valence-electron chi connectivity index (χ3n) is 4.67. The van der Waals surface area contributed by atoms with E-state index in [2.05, 4.69) is 37.8 Å². The summed E-state index contributed by atoms with van der Waals surface area (Å²) in [5.41, 5.74) is 10.6. The molecule has 2 aromatic carbocycles. The molecule has 3 aromatic heterocycles. The minimum Gasteiger partial charge on any atom is -0.383 e. The molecule has 132 valence electrons. The lowest BCUT2D eigenvalue weighted by atomic mass is 10.3. The average molecular weight is 355 g/mol. The van der Waals surface area contributed by atoms with Crippen LogP contribution in [0.4, 0.5) is 5.82 Å². The number of hydrogen-bond acceptors (Lipinski definition) is 5. The fourth-order valence-corrected chi connectivity index (χ4v) is 3.50. The van der Waals surface area contributed by atoms with Crippen molar-refractivity contribution in [2.75, 3.05) is 5.73 Å². The first-order chi connectivity index (χ1) is 13.2. The average Bonchev–Trinajstić information content (AvgIpc) is 3.21. The van der Waals surface area contributed by atoms with E-state index in [1.54, 1.807) is 0 Å². The number of aromatic nitrogens is 6. The van der Waals surface area contributed by atoms with Crippen LogP contribution in [0.2, 0.25) is 0 Å². The zero-order valence-corrected chi connectivity index (χ0v) is 14.7. The molecule has 0 bridgehead atoms. The summed E-state index contributed by atoms with van der Waals surface area (Å²) >= 11 is 0. The summed E-state index contributed by atoms with van der Waals surface area (Å²) in [5, 5.41) is 5.42. The maximum Gasteiger partial charge on any atom is 0.164 e. The number of nitrogen functional groups attached to an aromatic ring is 1. The largest absolute Gasteiger partial charge is 0.383 e. The maximum absolute atomic E-state index is 6.02. The Balaban J connectivity index is 1.72. The van der Waals surface area contributed by atoms with Crippen LogP contribution in [0.1, 0.15) is 11.5 Å². The van der Waals surface area contributed by atoms with Crippen molar-refractivity contribution in [3.63, 3.8) is 0 Å². The molecule has 3 heterocycles. The van der Waals surface area contributed by atoms with Crippen molar-refractivity contribution in [1.82, 2.24) is 29.3 Å². The second-order valence-electron chi connectivity index (χ2n) is 6.39. The number of nitrogens with zero attached hydrogens (tertiary/aromatic N) is 6. The molecule has 7 nitrogen and oxygen atoms in total. The molecule has 0 radical (unpaired) electrons. The summed E-state index contributed by atoms with van der Waals surface area (Å²) in [6.45, 7) is 2.39. The van der Waals surface area contributed by atoms with E-state index < -0.39 is 0 Å². The zero-order valence-electron chi connectivity index (χ0n) is 14.7. The highest BCUT2D eigenvalue weighted by Gasteiger charge is 2.17. The zero-order chi connectivity index (χ0) is 18.4. The number of benzene rings is 2. The normalized spacial score (nSPS) is 11.4. The number of nitrogens with two attached hydrogens (primary N) is 1. The van der Waals surface area contributed by atoms with E-state index in [0.29, 0.717) is 18.0 Å². The van der Waals surface area contributed by atoms with Crippen molar-refractivity contribution in [2.45, 2.75) is 13.5 Å². The minimum absolute atomic E-state index is 0.445. The van der Waals surface area contributed by atoms with Crippen LogP contribution in [0, 0.1) is 6.92 Å². The monoisotopic (exact) mass is 355 g/mol. The molecular formula is C20H17N7. The summed E-state index contributed by atoms with van der Waals surface area (Å²) in [5.74, 6) is 1.32. The lowest BCUT2D eigenvalue weighted by Gasteiger charge is -2.09. The first-order valence-electron chi connectivity index (χ1n) is 8.68. The summed E-state index contributed by atoms with van der Waals surface area (Å²) < 4.78 is 3.99. The molecule has 0 saturated heterocycles. The first-order valence-corrected chi connectivity index (χ1v) is 8.68. The molecule has 7 heteroatoms. The quantitative estimate of drug-likeness (QED) is 0.537. The van der Waals surface area contributed by atoms with E-state index in [1.807, 2.05) is 48.0 Å². The lowest BCUT2D eigenvalue weighted by molar-refractivity contribution is 0.658. The van der Waals surface area contributed by atoms with Crippen LogP contribution < -0.4 is 5.73 Å². The van der Waals surface area contributed by atoms with Gasteiger partial charge in [-0.2, -0.15) is 5.10 Å². The van der Waals surface area contributed by atoms with Gasteiger partial charge in [-0.3, -0.25) is 4.57 Å². The number of imidazole rings is 1. The van der Waals surface area contributed by atoms with Crippen molar-refractivity contribution in [3.8, 4) is 5.69 Å². The Kier molecular flexibility index (Phi) is 3.39. The van der Waals surface area contributed by atoms with Gasteiger partial charge in [0.05, 0.1) is 22.1 Å². The van der Waals surface area contributed by atoms with Gasteiger partial charge in [-0.25, -0.2) is 19.6 Å². The van der Waals surface area contributed by atoms with Gasteiger partial charge in [-0.15, -0.1) is 0 Å². The molecule has 5 rings (SSSR count). The van der Waals surface area contributed by atoms with Crippen LogP contribution in [0.25, 0.3) is 27.8 Å². The fraction of sp³-hybridized carbons (Fsp3) is 0.100. The topological polar surface area (TPSA) is 87.4 Å². The van der Waals surface area contributed by atoms with Crippen molar-refractivity contribution in [2.24, 2.45) is 0 Å². The molecule has 0 fully saturated rings. The van der Waals surface area contributed by atoms with E-state index in [9.17, 15) is 0 Å². The predicted molar refractivity (Wildman–Crippen MR) is 105 cm³/mol. The summed E-state index contributed by atoms with van der Waals surface area (Å²) in [7, 11) is 0. The second kappa shape index (κ2) is 5.91. The van der Waals surface area contributed by atoms with Gasteiger partial charge in [-0.1, -0.05) is 30.3 Å². The van der Waals surface area contributed by atoms with Gasteiger partial charge in [0, 0.05) is 5.69 Å². The number of para-hydroxylation sites is 3. The summed E-state index contributed by atoms with van der Waals surface area (Å²) in [6.07, 6.45) is 1.47. The second-order valence-corrected chi connectivity index (χ2v) is 6.39. The van der Waals surface area contributed by atoms with E-state index in [-0.39, 0.29) is 0 Å². The Morgan fingerprint density at radius 1 is 0.963 bits per heavy atom. The minimum atomic E-state index is 0.445. The molecular weight excluding hydrogens is 338 g/mol. The third-order valence-corrected chi connectivity index (χ3v) is 4.67. The van der Waals surface area contributed by atoms with Crippen LogP contribution in [0.15, 0.2) is 60.9 Å².